The van der Waals surface area contributed by atoms with Gasteiger partial charge in [-0.05, 0) is 50.2 Å². The van der Waals surface area contributed by atoms with E-state index in [1.54, 1.807) is 24.3 Å². The van der Waals surface area contributed by atoms with Crippen molar-refractivity contribution in [2.75, 3.05) is 13.2 Å². The first-order valence-electron chi connectivity index (χ1n) is 8.93. The zero-order valence-corrected chi connectivity index (χ0v) is 15.8. The zero-order valence-electron chi connectivity index (χ0n) is 15.8. The normalized spacial score (nSPS) is 11.2. The average molecular weight is 382 g/mol. The molecular weight excluding hydrogens is 360 g/mol. The Bertz CT molecular complexity index is 936. The number of carboxylic acid groups (broad SMARTS) is 1. The van der Waals surface area contributed by atoms with Gasteiger partial charge in [-0.15, -0.1) is 0 Å². The molecule has 7 nitrogen and oxygen atoms in total. The molecule has 1 heterocycles. The minimum Gasteiger partial charge on any atom is -0.493 e. The lowest BCUT2D eigenvalue weighted by atomic mass is 10.1. The summed E-state index contributed by atoms with van der Waals surface area (Å²) in [7, 11) is 0. The van der Waals surface area contributed by atoms with Gasteiger partial charge in [0.1, 0.15) is 17.8 Å². The van der Waals surface area contributed by atoms with E-state index in [-0.39, 0.29) is 0 Å². The highest BCUT2D eigenvalue weighted by Gasteiger charge is 2.29. The molecule has 0 bridgehead atoms. The van der Waals surface area contributed by atoms with E-state index in [1.807, 2.05) is 24.3 Å². The largest absolute Gasteiger partial charge is 0.493 e. The van der Waals surface area contributed by atoms with E-state index in [0.717, 1.165) is 10.9 Å². The smallest absolute Gasteiger partial charge is 0.347 e. The Hall–Kier alpha value is -3.35. The summed E-state index contributed by atoms with van der Waals surface area (Å²) in [6, 6.07) is 14.5. The lowest BCUT2D eigenvalue weighted by Gasteiger charge is -2.21. The van der Waals surface area contributed by atoms with Crippen molar-refractivity contribution in [2.45, 2.75) is 25.9 Å². The number of benzene rings is 2. The van der Waals surface area contributed by atoms with Crippen molar-refractivity contribution in [1.29, 1.82) is 0 Å². The van der Waals surface area contributed by atoms with Crippen molar-refractivity contribution in [3.63, 3.8) is 0 Å². The summed E-state index contributed by atoms with van der Waals surface area (Å²) < 4.78 is 16.9. The van der Waals surface area contributed by atoms with Crippen LogP contribution in [0.25, 0.3) is 10.9 Å². The molecule has 1 aromatic heterocycles. The third-order valence-corrected chi connectivity index (χ3v) is 4.01. The number of carbonyl (C=O) groups is 1. The molecule has 0 fully saturated rings. The summed E-state index contributed by atoms with van der Waals surface area (Å²) in [6.45, 7) is 3.94. The number of carboxylic acids is 1. The average Bonchev–Trinajstić information content (AvgIpc) is 2.69. The molecule has 28 heavy (non-hydrogen) atoms. The molecule has 146 valence electrons. The number of rotatable bonds is 9. The number of para-hydroxylation sites is 1. The monoisotopic (exact) mass is 382 g/mol. The van der Waals surface area contributed by atoms with Gasteiger partial charge in [0.2, 0.25) is 5.88 Å². The summed E-state index contributed by atoms with van der Waals surface area (Å²) in [5, 5.41) is 9.98. The van der Waals surface area contributed by atoms with E-state index in [1.165, 1.54) is 20.2 Å². The highest BCUT2D eigenvalue weighted by atomic mass is 16.5. The second-order valence-corrected chi connectivity index (χ2v) is 6.64. The molecule has 0 aliphatic rings. The predicted molar refractivity (Wildman–Crippen MR) is 104 cm³/mol. The number of aliphatic carboxylic acids is 1. The summed E-state index contributed by atoms with van der Waals surface area (Å²) in [5.41, 5.74) is -0.442. The van der Waals surface area contributed by atoms with Gasteiger partial charge in [0, 0.05) is 6.42 Å². The summed E-state index contributed by atoms with van der Waals surface area (Å²) in [4.78, 5) is 19.5. The third kappa shape index (κ3) is 4.88. The number of aromatic nitrogens is 2. The van der Waals surface area contributed by atoms with Gasteiger partial charge < -0.3 is 19.3 Å². The molecule has 1 N–H and O–H groups in total. The van der Waals surface area contributed by atoms with Crippen molar-refractivity contribution < 1.29 is 24.1 Å². The maximum Gasteiger partial charge on any atom is 0.347 e. The number of ether oxygens (including phenoxy) is 3. The van der Waals surface area contributed by atoms with Crippen LogP contribution in [0.3, 0.4) is 0 Å². The standard InChI is InChI=1S/C21H22N2O5/c1-21(2,20(24)25)28-16-10-8-15(9-11-16)26-12-5-13-27-19-17-6-3-4-7-18(17)22-14-23-19/h3-4,6-11,14H,5,12-13H2,1-2H3,(H,24,25). The summed E-state index contributed by atoms with van der Waals surface area (Å²) >= 11 is 0. The van der Waals surface area contributed by atoms with Crippen molar-refractivity contribution >= 4 is 16.9 Å². The molecule has 0 aliphatic heterocycles. The first kappa shape index (κ1) is 19.4. The second-order valence-electron chi connectivity index (χ2n) is 6.64. The minimum absolute atomic E-state index is 0.467. The lowest BCUT2D eigenvalue weighted by molar-refractivity contribution is -0.152. The van der Waals surface area contributed by atoms with Gasteiger partial charge in [-0.1, -0.05) is 12.1 Å². The van der Waals surface area contributed by atoms with Gasteiger partial charge in [-0.2, -0.15) is 0 Å². The number of fused-ring (bicyclic) bond motifs is 1. The van der Waals surface area contributed by atoms with Gasteiger partial charge in [0.15, 0.2) is 5.60 Å². The third-order valence-electron chi connectivity index (χ3n) is 4.01. The van der Waals surface area contributed by atoms with Crippen LogP contribution in [-0.4, -0.2) is 39.9 Å². The highest BCUT2D eigenvalue weighted by molar-refractivity contribution is 5.82. The van der Waals surface area contributed by atoms with Crippen LogP contribution in [0.2, 0.25) is 0 Å². The maximum absolute atomic E-state index is 11.1. The van der Waals surface area contributed by atoms with Gasteiger partial charge in [0.25, 0.3) is 0 Å². The van der Waals surface area contributed by atoms with Crippen LogP contribution < -0.4 is 14.2 Å². The fourth-order valence-electron chi connectivity index (χ4n) is 2.46. The van der Waals surface area contributed by atoms with Gasteiger partial charge in [0.05, 0.1) is 24.1 Å². The first-order chi connectivity index (χ1) is 13.5. The van der Waals surface area contributed by atoms with Crippen LogP contribution >= 0.6 is 0 Å². The predicted octanol–water partition coefficient (Wildman–Crippen LogP) is 3.72. The Morgan fingerprint density at radius 1 is 0.964 bits per heavy atom. The molecule has 0 radical (unpaired) electrons. The first-order valence-corrected chi connectivity index (χ1v) is 8.93. The van der Waals surface area contributed by atoms with Crippen LogP contribution in [0, 0.1) is 0 Å². The molecule has 3 rings (SSSR count). The van der Waals surface area contributed by atoms with Crippen LogP contribution in [0.1, 0.15) is 20.3 Å². The molecule has 0 saturated heterocycles. The fraction of sp³-hybridized carbons (Fsp3) is 0.286. The molecule has 0 spiro atoms. The zero-order chi connectivity index (χ0) is 20.0. The molecular formula is C21H22N2O5. The van der Waals surface area contributed by atoms with Crippen LogP contribution in [0.4, 0.5) is 0 Å². The number of hydrogen-bond acceptors (Lipinski definition) is 6. The van der Waals surface area contributed by atoms with E-state index < -0.39 is 11.6 Å². The summed E-state index contributed by atoms with van der Waals surface area (Å²) in [6.07, 6.45) is 2.17. The molecule has 0 atom stereocenters. The lowest BCUT2D eigenvalue weighted by Crippen LogP contribution is -2.37. The maximum atomic E-state index is 11.1. The molecule has 0 amide bonds. The molecule has 3 aromatic rings. The number of nitrogens with zero attached hydrogens (tertiary/aromatic N) is 2. The van der Waals surface area contributed by atoms with E-state index >= 15 is 0 Å². The quantitative estimate of drug-likeness (QED) is 0.564. The van der Waals surface area contributed by atoms with E-state index in [2.05, 4.69) is 9.97 Å². The van der Waals surface area contributed by atoms with E-state index in [0.29, 0.717) is 37.0 Å². The van der Waals surface area contributed by atoms with Crippen LogP contribution in [0.15, 0.2) is 54.9 Å². The molecule has 0 saturated carbocycles. The number of hydrogen-bond donors (Lipinski definition) is 1. The Morgan fingerprint density at radius 2 is 1.64 bits per heavy atom. The fourth-order valence-corrected chi connectivity index (χ4v) is 2.46. The Balaban J connectivity index is 1.45. The van der Waals surface area contributed by atoms with Crippen LogP contribution in [-0.2, 0) is 4.79 Å². The highest BCUT2D eigenvalue weighted by Crippen LogP contribution is 2.23. The topological polar surface area (TPSA) is 90.8 Å². The van der Waals surface area contributed by atoms with Gasteiger partial charge >= 0.3 is 5.97 Å². The molecule has 0 aliphatic carbocycles. The van der Waals surface area contributed by atoms with Gasteiger partial charge in [-0.25, -0.2) is 14.8 Å². The summed E-state index contributed by atoms with van der Waals surface area (Å²) in [5.74, 6) is 0.684. The van der Waals surface area contributed by atoms with Gasteiger partial charge in [-0.3, -0.25) is 0 Å². The van der Waals surface area contributed by atoms with Crippen LogP contribution in [0.5, 0.6) is 17.4 Å². The Labute approximate surface area is 162 Å². The Kier molecular flexibility index (Phi) is 5.93. The van der Waals surface area contributed by atoms with Crippen molar-refractivity contribution in [3.05, 3.63) is 54.9 Å². The van der Waals surface area contributed by atoms with Crippen molar-refractivity contribution in [2.24, 2.45) is 0 Å². The minimum atomic E-state index is -1.29. The Morgan fingerprint density at radius 3 is 2.39 bits per heavy atom. The van der Waals surface area contributed by atoms with E-state index in [4.69, 9.17) is 19.3 Å². The van der Waals surface area contributed by atoms with Crippen molar-refractivity contribution in [3.8, 4) is 17.4 Å². The second kappa shape index (κ2) is 8.56. The van der Waals surface area contributed by atoms with E-state index in [9.17, 15) is 4.79 Å². The SMILES string of the molecule is CC(C)(Oc1ccc(OCCCOc2ncnc3ccccc23)cc1)C(=O)O. The molecule has 2 aromatic carbocycles. The molecule has 7 heteroatoms. The van der Waals surface area contributed by atoms with Crippen molar-refractivity contribution in [1.82, 2.24) is 9.97 Å². The molecule has 0 unspecified atom stereocenters.